The number of fused-ring (bicyclic) bond motifs is 2. The van der Waals surface area contributed by atoms with E-state index in [4.69, 9.17) is 24.1 Å². The van der Waals surface area contributed by atoms with Gasteiger partial charge in [-0.2, -0.15) is 0 Å². The summed E-state index contributed by atoms with van der Waals surface area (Å²) in [4.78, 5) is 66.1. The molecule has 6 rings (SSSR count). The third kappa shape index (κ3) is 17.9. The van der Waals surface area contributed by atoms with Gasteiger partial charge in [-0.05, 0) is 113 Å². The Morgan fingerprint density at radius 2 is 1.07 bits per heavy atom. The number of hydrogen-bond donors (Lipinski definition) is 2. The number of carbonyl (C=O) groups is 5. The highest BCUT2D eigenvalue weighted by Crippen LogP contribution is 2.38. The van der Waals surface area contributed by atoms with Crippen molar-refractivity contribution < 1.29 is 65.6 Å². The number of carboxylic acids is 1. The molecule has 0 aromatic heterocycles. The standard InChI is InChI=1S/C33H44F2N2O6.C24H28F2N2O4.ClH/c1-22(2)33(34,35)25-11-9-23(10-12-25)21-41-26-13-14-27-24(19-26)15-18-37(27)28(38)20-36(30(40)43-32(6,7)8)17-16-29(39)42-31(3,4)5;1-16(2)24(25,26)19-5-3-17(4-6-19)15-32-20-7-8-21-18(13-20)10-12-28(21)22(29)14-27-11-9-23(30)31;/h9-14,19,22H,15-18,20-21H2,1-8H3;3-8,13,16,27H,9-12,14-15H2,1-2H3,(H,30,31);1H. The van der Waals surface area contributed by atoms with Crippen molar-refractivity contribution in [3.8, 4) is 11.5 Å². The first kappa shape index (κ1) is 62.1. The molecule has 14 nitrogen and oxygen atoms in total. The normalized spacial score (nSPS) is 13.3. The highest BCUT2D eigenvalue weighted by atomic mass is 35.5. The van der Waals surface area contributed by atoms with Crippen LogP contribution in [-0.4, -0.2) is 90.3 Å². The summed E-state index contributed by atoms with van der Waals surface area (Å²) in [5, 5.41) is 11.5. The zero-order valence-corrected chi connectivity index (χ0v) is 45.9. The summed E-state index contributed by atoms with van der Waals surface area (Å²) in [6.07, 6.45) is 0.499. The van der Waals surface area contributed by atoms with Crippen molar-refractivity contribution in [3.63, 3.8) is 0 Å². The number of carbonyl (C=O) groups excluding carboxylic acids is 4. The van der Waals surface area contributed by atoms with Crippen molar-refractivity contribution in [2.75, 3.05) is 49.1 Å². The Bertz CT molecular complexity index is 2620. The third-order valence-electron chi connectivity index (χ3n) is 12.2. The van der Waals surface area contributed by atoms with E-state index >= 15 is 0 Å². The van der Waals surface area contributed by atoms with Gasteiger partial charge < -0.3 is 39.2 Å². The highest BCUT2D eigenvalue weighted by molar-refractivity contribution is 5.98. The van der Waals surface area contributed by atoms with E-state index in [2.05, 4.69) is 5.32 Å². The molecule has 19 heteroatoms. The molecule has 2 heterocycles. The fourth-order valence-corrected chi connectivity index (χ4v) is 8.02. The number of nitrogens with zero attached hydrogens (tertiary/aromatic N) is 3. The number of halogens is 5. The molecule has 2 aliphatic rings. The maximum absolute atomic E-state index is 14.3. The lowest BCUT2D eigenvalue weighted by molar-refractivity contribution is -0.155. The fourth-order valence-electron chi connectivity index (χ4n) is 8.02. The van der Waals surface area contributed by atoms with E-state index in [1.807, 2.05) is 18.2 Å². The van der Waals surface area contributed by atoms with Crippen molar-refractivity contribution in [1.82, 2.24) is 10.2 Å². The average Bonchev–Trinajstić information content (AvgIpc) is 3.96. The topological polar surface area (TPSA) is 164 Å². The number of hydrogen-bond acceptors (Lipinski definition) is 10. The van der Waals surface area contributed by atoms with Gasteiger partial charge in [0.2, 0.25) is 11.8 Å². The second kappa shape index (κ2) is 26.6. The van der Waals surface area contributed by atoms with Crippen molar-refractivity contribution in [3.05, 3.63) is 118 Å². The molecule has 2 aliphatic heterocycles. The molecule has 0 bridgehead atoms. The van der Waals surface area contributed by atoms with E-state index in [9.17, 15) is 41.5 Å². The summed E-state index contributed by atoms with van der Waals surface area (Å²) in [7, 11) is 0. The maximum atomic E-state index is 14.3. The van der Waals surface area contributed by atoms with Gasteiger partial charge in [-0.3, -0.25) is 24.1 Å². The van der Waals surface area contributed by atoms with Gasteiger partial charge in [0.15, 0.2) is 0 Å². The van der Waals surface area contributed by atoms with Crippen molar-refractivity contribution in [1.29, 1.82) is 0 Å². The lowest BCUT2D eigenvalue weighted by atomic mass is 9.97. The van der Waals surface area contributed by atoms with Crippen LogP contribution in [0, 0.1) is 11.8 Å². The second-order valence-corrected chi connectivity index (χ2v) is 21.3. The molecule has 4 aromatic carbocycles. The van der Waals surface area contributed by atoms with E-state index in [1.165, 1.54) is 56.9 Å². The number of anilines is 2. The molecule has 0 radical (unpaired) electrons. The van der Waals surface area contributed by atoms with Crippen molar-refractivity contribution in [2.24, 2.45) is 11.8 Å². The summed E-state index contributed by atoms with van der Waals surface area (Å²) < 4.78 is 79.3. The highest BCUT2D eigenvalue weighted by Gasteiger charge is 2.37. The molecule has 0 fully saturated rings. The predicted octanol–water partition coefficient (Wildman–Crippen LogP) is 11.3. The van der Waals surface area contributed by atoms with Gasteiger partial charge in [0, 0.05) is 60.5 Å². The zero-order valence-electron chi connectivity index (χ0n) is 45.1. The van der Waals surface area contributed by atoms with E-state index in [0.717, 1.165) is 27.9 Å². The number of amides is 3. The summed E-state index contributed by atoms with van der Waals surface area (Å²) in [6, 6.07) is 23.2. The molecule has 2 N–H and O–H groups in total. The molecular weight excluding hydrogens is 1010 g/mol. The Labute approximate surface area is 449 Å². The first-order valence-corrected chi connectivity index (χ1v) is 25.2. The van der Waals surface area contributed by atoms with Gasteiger partial charge in [0.05, 0.1) is 19.4 Å². The minimum absolute atomic E-state index is 0. The number of nitrogens with one attached hydrogen (secondary N) is 1. The lowest BCUT2D eigenvalue weighted by Gasteiger charge is -2.29. The monoisotopic (exact) mass is 1080 g/mol. The molecule has 0 saturated heterocycles. The number of ether oxygens (including phenoxy) is 4. The molecule has 0 unspecified atom stereocenters. The molecule has 76 heavy (non-hydrogen) atoms. The molecule has 0 aliphatic carbocycles. The summed E-state index contributed by atoms with van der Waals surface area (Å²) in [6.45, 7) is 17.9. The van der Waals surface area contributed by atoms with Crippen LogP contribution in [0.3, 0.4) is 0 Å². The van der Waals surface area contributed by atoms with Crippen molar-refractivity contribution in [2.45, 2.75) is 131 Å². The summed E-state index contributed by atoms with van der Waals surface area (Å²) in [5.74, 6) is -7.90. The molecule has 416 valence electrons. The quantitative estimate of drug-likeness (QED) is 0.0492. The Kier molecular flexibility index (Phi) is 21.7. The van der Waals surface area contributed by atoms with Gasteiger partial charge in [0.1, 0.15) is 42.5 Å². The summed E-state index contributed by atoms with van der Waals surface area (Å²) in [5.41, 5.74) is 3.52. The van der Waals surface area contributed by atoms with Crippen LogP contribution in [0.25, 0.3) is 0 Å². The average molecular weight is 1090 g/mol. The van der Waals surface area contributed by atoms with Crippen LogP contribution in [0.15, 0.2) is 84.9 Å². The smallest absolute Gasteiger partial charge is 0.410 e. The van der Waals surface area contributed by atoms with Crippen LogP contribution < -0.4 is 24.6 Å². The van der Waals surface area contributed by atoms with Gasteiger partial charge in [-0.25, -0.2) is 22.4 Å². The first-order valence-electron chi connectivity index (χ1n) is 25.2. The van der Waals surface area contributed by atoms with E-state index in [-0.39, 0.29) is 87.6 Å². The Balaban J connectivity index is 0.000000338. The first-order chi connectivity index (χ1) is 35.0. The zero-order chi connectivity index (χ0) is 55.5. The molecule has 4 aromatic rings. The number of rotatable bonds is 20. The van der Waals surface area contributed by atoms with E-state index < -0.39 is 52.9 Å². The van der Waals surface area contributed by atoms with Gasteiger partial charge in [-0.15, -0.1) is 12.4 Å². The van der Waals surface area contributed by atoms with Crippen molar-refractivity contribution >= 4 is 53.6 Å². The Morgan fingerprint density at radius 3 is 1.47 bits per heavy atom. The molecule has 0 spiro atoms. The Morgan fingerprint density at radius 1 is 0.632 bits per heavy atom. The molecule has 3 amide bonds. The van der Waals surface area contributed by atoms with E-state index in [1.54, 1.807) is 93.8 Å². The number of aliphatic carboxylic acids is 1. The number of benzene rings is 4. The molecule has 0 atom stereocenters. The van der Waals surface area contributed by atoms with E-state index in [0.29, 0.717) is 43.1 Å². The third-order valence-corrected chi connectivity index (χ3v) is 12.2. The van der Waals surface area contributed by atoms with Crippen LogP contribution in [0.2, 0.25) is 0 Å². The van der Waals surface area contributed by atoms with Gasteiger partial charge >= 0.3 is 18.0 Å². The largest absolute Gasteiger partial charge is 0.489 e. The maximum Gasteiger partial charge on any atom is 0.410 e. The van der Waals surface area contributed by atoms with Crippen LogP contribution >= 0.6 is 12.4 Å². The van der Waals surface area contributed by atoms with Crippen LogP contribution in [-0.2, 0) is 66.6 Å². The second-order valence-electron chi connectivity index (χ2n) is 21.3. The van der Waals surface area contributed by atoms with Gasteiger partial charge in [0.25, 0.3) is 11.8 Å². The predicted molar refractivity (Wildman–Crippen MR) is 285 cm³/mol. The number of carboxylic acid groups (broad SMARTS) is 1. The molecule has 0 saturated carbocycles. The minimum Gasteiger partial charge on any atom is -0.489 e. The number of alkyl halides is 4. The minimum atomic E-state index is -2.90. The molecular formula is C57H73ClF4N4O10. The van der Waals surface area contributed by atoms with Gasteiger partial charge in [-0.1, -0.05) is 76.2 Å². The summed E-state index contributed by atoms with van der Waals surface area (Å²) >= 11 is 0. The van der Waals surface area contributed by atoms with Crippen LogP contribution in [0.4, 0.5) is 33.7 Å². The Hall–Kier alpha value is -6.40. The number of esters is 1. The lowest BCUT2D eigenvalue weighted by Crippen LogP contribution is -2.45. The van der Waals surface area contributed by atoms with Crippen LogP contribution in [0.5, 0.6) is 11.5 Å². The van der Waals surface area contributed by atoms with Crippen LogP contribution in [0.1, 0.15) is 115 Å². The fraction of sp³-hybridized carbons (Fsp3) is 0.491. The SMILES string of the molecule is CC(C)C(F)(F)c1ccc(COc2ccc3c(c2)CCN3C(=O)CN(CCC(=O)OC(C)(C)C)C(=O)OC(C)(C)C)cc1.CC(C)C(F)(F)c1ccc(COc2ccc3c(c2)CCN3C(=O)CNCCC(=O)O)cc1.Cl.